The van der Waals surface area contributed by atoms with Crippen LogP contribution >= 0.6 is 11.8 Å². The lowest BCUT2D eigenvalue weighted by atomic mass is 9.44. The van der Waals surface area contributed by atoms with Crippen molar-refractivity contribution in [3.8, 4) is 0 Å². The maximum atomic E-state index is 13.0. The van der Waals surface area contributed by atoms with Crippen molar-refractivity contribution in [2.75, 3.05) is 12.9 Å². The third-order valence-corrected chi connectivity index (χ3v) is 7.40. The molecule has 0 aromatic heterocycles. The molecule has 4 aliphatic carbocycles. The fourth-order valence-electron chi connectivity index (χ4n) is 5.88. The molecule has 2 N–H and O–H groups in total. The van der Waals surface area contributed by atoms with Crippen molar-refractivity contribution in [3.63, 3.8) is 0 Å². The number of aliphatic hydroxyl groups is 1. The largest absolute Gasteiger partial charge is 0.395 e. The molecule has 4 saturated carbocycles. The summed E-state index contributed by atoms with van der Waals surface area (Å²) in [6.07, 6.45) is 9.28. The fourth-order valence-corrected chi connectivity index (χ4v) is 6.50. The fraction of sp³-hybridized carbons (Fsp3) is 0.941. The molecule has 0 saturated heterocycles. The van der Waals surface area contributed by atoms with Gasteiger partial charge in [0.05, 0.1) is 12.0 Å². The van der Waals surface area contributed by atoms with Gasteiger partial charge >= 0.3 is 0 Å². The molecule has 120 valence electrons. The van der Waals surface area contributed by atoms with Gasteiger partial charge in [0.1, 0.15) is 0 Å². The number of rotatable bonds is 5. The first-order valence-electron chi connectivity index (χ1n) is 8.34. The van der Waals surface area contributed by atoms with E-state index >= 15 is 0 Å². The van der Waals surface area contributed by atoms with Gasteiger partial charge < -0.3 is 10.4 Å². The van der Waals surface area contributed by atoms with Gasteiger partial charge in [-0.3, -0.25) is 4.79 Å². The van der Waals surface area contributed by atoms with E-state index in [0.717, 1.165) is 31.1 Å². The van der Waals surface area contributed by atoms with Gasteiger partial charge in [-0.25, -0.2) is 0 Å². The number of amides is 1. The first-order valence-corrected chi connectivity index (χ1v) is 9.63. The monoisotopic (exact) mass is 311 g/mol. The third-order valence-electron chi connectivity index (χ3n) is 6.23. The van der Waals surface area contributed by atoms with Crippen LogP contribution in [-0.4, -0.2) is 35.2 Å². The molecular weight excluding hydrogens is 282 g/mol. The van der Waals surface area contributed by atoms with Gasteiger partial charge in [0.25, 0.3) is 0 Å². The van der Waals surface area contributed by atoms with E-state index in [1.54, 1.807) is 11.8 Å². The summed E-state index contributed by atoms with van der Waals surface area (Å²) in [5, 5.41) is 12.7. The number of hydrogen-bond acceptors (Lipinski definition) is 3. The van der Waals surface area contributed by atoms with E-state index in [0.29, 0.717) is 5.41 Å². The van der Waals surface area contributed by atoms with Crippen LogP contribution in [0.4, 0.5) is 0 Å². The molecule has 4 unspecified atom stereocenters. The van der Waals surface area contributed by atoms with E-state index in [2.05, 4.69) is 12.2 Å². The molecule has 4 fully saturated rings. The lowest BCUT2D eigenvalue weighted by molar-refractivity contribution is -0.155. The minimum atomic E-state index is -0.106. The molecule has 0 aromatic rings. The molecule has 4 rings (SSSR count). The maximum Gasteiger partial charge on any atom is 0.226 e. The standard InChI is InChI=1S/C17H29NO2S/c1-11(14(9-19)21-3)18-15(20)17-7-12-4-13(8-17)6-16(2,5-12)10-17/h11-14,19H,4-10H2,1-3H3,(H,18,20). The summed E-state index contributed by atoms with van der Waals surface area (Å²) in [5.41, 5.74) is 0.298. The van der Waals surface area contributed by atoms with Crippen molar-refractivity contribution in [3.05, 3.63) is 0 Å². The topological polar surface area (TPSA) is 49.3 Å². The predicted octanol–water partition coefficient (Wildman–Crippen LogP) is 2.82. The van der Waals surface area contributed by atoms with Crippen LogP contribution in [0.2, 0.25) is 0 Å². The number of thioether (sulfide) groups is 1. The first kappa shape index (κ1) is 15.7. The van der Waals surface area contributed by atoms with Gasteiger partial charge in [-0.05, 0) is 69.0 Å². The minimum absolute atomic E-state index is 0.0401. The first-order chi connectivity index (χ1) is 9.89. The number of aliphatic hydroxyl groups excluding tert-OH is 1. The summed E-state index contributed by atoms with van der Waals surface area (Å²) in [6.45, 7) is 4.55. The summed E-state index contributed by atoms with van der Waals surface area (Å²) in [7, 11) is 0. The summed E-state index contributed by atoms with van der Waals surface area (Å²) in [5.74, 6) is 1.81. The quantitative estimate of drug-likeness (QED) is 0.821. The van der Waals surface area contributed by atoms with Crippen molar-refractivity contribution < 1.29 is 9.90 Å². The van der Waals surface area contributed by atoms with Gasteiger partial charge in [-0.15, -0.1) is 0 Å². The molecule has 0 radical (unpaired) electrons. The molecule has 0 heterocycles. The van der Waals surface area contributed by atoms with E-state index in [4.69, 9.17) is 0 Å². The number of hydrogen-bond donors (Lipinski definition) is 2. The van der Waals surface area contributed by atoms with Gasteiger partial charge in [-0.2, -0.15) is 11.8 Å². The van der Waals surface area contributed by atoms with Crippen LogP contribution in [0.15, 0.2) is 0 Å². The third kappa shape index (κ3) is 2.74. The van der Waals surface area contributed by atoms with Crippen LogP contribution < -0.4 is 5.32 Å². The van der Waals surface area contributed by atoms with Crippen molar-refractivity contribution in [1.82, 2.24) is 5.32 Å². The van der Waals surface area contributed by atoms with Crippen molar-refractivity contribution >= 4 is 17.7 Å². The molecule has 4 bridgehead atoms. The number of nitrogens with one attached hydrogen (secondary N) is 1. The smallest absolute Gasteiger partial charge is 0.226 e. The highest BCUT2D eigenvalue weighted by molar-refractivity contribution is 7.99. The Morgan fingerprint density at radius 2 is 1.95 bits per heavy atom. The average molecular weight is 311 g/mol. The zero-order chi connectivity index (χ0) is 15.3. The molecule has 0 spiro atoms. The van der Waals surface area contributed by atoms with Crippen LogP contribution in [0.1, 0.15) is 52.4 Å². The van der Waals surface area contributed by atoms with E-state index in [1.165, 1.54) is 19.3 Å². The minimum Gasteiger partial charge on any atom is -0.395 e. The average Bonchev–Trinajstić information content (AvgIpc) is 2.37. The molecular formula is C17H29NO2S. The number of carbonyl (C=O) groups is 1. The highest BCUT2D eigenvalue weighted by atomic mass is 32.2. The second-order valence-electron chi connectivity index (χ2n) is 8.27. The van der Waals surface area contributed by atoms with Gasteiger partial charge in [0.15, 0.2) is 0 Å². The van der Waals surface area contributed by atoms with Crippen molar-refractivity contribution in [2.24, 2.45) is 22.7 Å². The highest BCUT2D eigenvalue weighted by Crippen LogP contribution is 2.65. The van der Waals surface area contributed by atoms with Gasteiger partial charge in [-0.1, -0.05) is 6.92 Å². The summed E-state index contributed by atoms with van der Waals surface area (Å²) in [6, 6.07) is 0.0401. The maximum absolute atomic E-state index is 13.0. The SMILES string of the molecule is CSC(CO)C(C)NC(=O)C12CC3CC(CC(C)(C3)C1)C2. The van der Waals surface area contributed by atoms with Gasteiger partial charge in [0, 0.05) is 11.3 Å². The zero-order valence-electron chi connectivity index (χ0n) is 13.5. The number of carbonyl (C=O) groups excluding carboxylic acids is 1. The van der Waals surface area contributed by atoms with Crippen LogP contribution in [0.3, 0.4) is 0 Å². The summed E-state index contributed by atoms with van der Waals surface area (Å²) < 4.78 is 0. The second-order valence-corrected chi connectivity index (χ2v) is 9.35. The van der Waals surface area contributed by atoms with Gasteiger partial charge in [0.2, 0.25) is 5.91 Å². The molecule has 1 amide bonds. The van der Waals surface area contributed by atoms with Crippen molar-refractivity contribution in [2.45, 2.75) is 63.7 Å². The molecule has 4 atom stereocenters. The Hall–Kier alpha value is -0.220. The second kappa shape index (κ2) is 5.45. The summed E-state index contributed by atoms with van der Waals surface area (Å²) >= 11 is 1.63. The van der Waals surface area contributed by atoms with E-state index in [1.807, 2.05) is 13.2 Å². The molecule has 4 heteroatoms. The Morgan fingerprint density at radius 3 is 2.43 bits per heavy atom. The predicted molar refractivity (Wildman–Crippen MR) is 87.2 cm³/mol. The lowest BCUT2D eigenvalue weighted by Gasteiger charge is -2.60. The molecule has 3 nitrogen and oxygen atoms in total. The Balaban J connectivity index is 1.72. The Morgan fingerprint density at radius 1 is 1.33 bits per heavy atom. The Kier molecular flexibility index (Phi) is 4.07. The molecule has 21 heavy (non-hydrogen) atoms. The van der Waals surface area contributed by atoms with E-state index in [-0.39, 0.29) is 29.2 Å². The van der Waals surface area contributed by atoms with Crippen LogP contribution in [0, 0.1) is 22.7 Å². The van der Waals surface area contributed by atoms with E-state index in [9.17, 15) is 9.90 Å². The van der Waals surface area contributed by atoms with E-state index < -0.39 is 0 Å². The lowest BCUT2D eigenvalue weighted by Crippen LogP contribution is -2.58. The van der Waals surface area contributed by atoms with Crippen molar-refractivity contribution in [1.29, 1.82) is 0 Å². The van der Waals surface area contributed by atoms with Crippen LogP contribution in [-0.2, 0) is 4.79 Å². The van der Waals surface area contributed by atoms with Crippen LogP contribution in [0.5, 0.6) is 0 Å². The highest BCUT2D eigenvalue weighted by Gasteiger charge is 2.58. The normalized spacial score (nSPS) is 43.6. The zero-order valence-corrected chi connectivity index (χ0v) is 14.3. The Labute approximate surface area is 132 Å². The molecule has 0 aliphatic heterocycles. The Bertz CT molecular complexity index is 407. The summed E-state index contributed by atoms with van der Waals surface area (Å²) in [4.78, 5) is 13.0. The molecule has 4 aliphatic rings. The van der Waals surface area contributed by atoms with Crippen LogP contribution in [0.25, 0.3) is 0 Å². The molecule has 0 aromatic carbocycles.